The van der Waals surface area contributed by atoms with Crippen LogP contribution in [0.1, 0.15) is 12.2 Å². The fourth-order valence-corrected chi connectivity index (χ4v) is 3.20. The van der Waals surface area contributed by atoms with Crippen molar-refractivity contribution in [3.8, 4) is 0 Å². The molecule has 112 valence electrons. The zero-order chi connectivity index (χ0) is 15.0. The van der Waals surface area contributed by atoms with Crippen molar-refractivity contribution in [2.24, 2.45) is 0 Å². The molecule has 0 saturated carbocycles. The van der Waals surface area contributed by atoms with Gasteiger partial charge in [0, 0.05) is 13.6 Å². The first kappa shape index (κ1) is 14.2. The number of carbonyl (C=O) groups excluding carboxylic acids is 1. The maximum atomic E-state index is 12.2. The van der Waals surface area contributed by atoms with Gasteiger partial charge in [-0.15, -0.1) is 11.3 Å². The molecule has 1 amide bonds. The molecule has 8 heteroatoms. The number of rotatable bonds is 3. The van der Waals surface area contributed by atoms with Gasteiger partial charge < -0.3 is 20.3 Å². The van der Waals surface area contributed by atoms with E-state index in [0.29, 0.717) is 29.0 Å². The van der Waals surface area contributed by atoms with Crippen molar-refractivity contribution in [2.75, 3.05) is 13.6 Å². The number of aliphatic hydroxyl groups excluding tert-OH is 1. The highest BCUT2D eigenvalue weighted by Crippen LogP contribution is 2.14. The zero-order valence-electron chi connectivity index (χ0n) is 11.5. The Morgan fingerprint density at radius 1 is 1.62 bits per heavy atom. The maximum absolute atomic E-state index is 12.2. The Morgan fingerprint density at radius 3 is 3.14 bits per heavy atom. The van der Waals surface area contributed by atoms with Crippen LogP contribution in [-0.2, 0) is 11.3 Å². The zero-order valence-corrected chi connectivity index (χ0v) is 12.3. The van der Waals surface area contributed by atoms with Crippen LogP contribution in [0.5, 0.6) is 0 Å². The molecule has 7 nitrogen and oxygen atoms in total. The normalized spacial score (nSPS) is 21.8. The number of aliphatic hydroxyl groups is 1. The number of nitrogens with one attached hydrogen (secondary N) is 2. The van der Waals surface area contributed by atoms with Crippen molar-refractivity contribution in [2.45, 2.75) is 25.1 Å². The van der Waals surface area contributed by atoms with Gasteiger partial charge in [0.25, 0.3) is 5.56 Å². The van der Waals surface area contributed by atoms with E-state index in [2.05, 4.69) is 15.3 Å². The highest BCUT2D eigenvalue weighted by molar-refractivity contribution is 7.17. The van der Waals surface area contributed by atoms with Crippen molar-refractivity contribution in [3.63, 3.8) is 0 Å². The van der Waals surface area contributed by atoms with Crippen molar-refractivity contribution >= 4 is 27.5 Å². The summed E-state index contributed by atoms with van der Waals surface area (Å²) in [6.07, 6.45) is -0.0658. The molecule has 0 aromatic carbocycles. The number of hydrogen-bond donors (Lipinski definition) is 3. The van der Waals surface area contributed by atoms with Crippen molar-refractivity contribution in [1.82, 2.24) is 20.2 Å². The quantitative estimate of drug-likeness (QED) is 0.721. The lowest BCUT2D eigenvalue weighted by atomic mass is 10.2. The van der Waals surface area contributed by atoms with E-state index in [1.807, 2.05) is 5.38 Å². The largest absolute Gasteiger partial charge is 0.392 e. The minimum absolute atomic E-state index is 0.111. The minimum atomic E-state index is -0.479. The summed E-state index contributed by atoms with van der Waals surface area (Å²) in [5.41, 5.74) is 0.467. The standard InChI is InChI=1S/C13H16N4O3S/c1-17(13(20)9-4-7(18)5-14-9)6-10-15-8-2-3-21-11(8)12(19)16-10/h2-3,7,9,14,18H,4-6H2,1H3,(H,15,16,19). The number of carbonyl (C=O) groups is 1. The van der Waals surface area contributed by atoms with E-state index in [9.17, 15) is 14.7 Å². The molecule has 2 atom stereocenters. The lowest BCUT2D eigenvalue weighted by molar-refractivity contribution is -0.132. The molecule has 2 aromatic heterocycles. The predicted octanol–water partition coefficient (Wildman–Crippen LogP) is -0.334. The van der Waals surface area contributed by atoms with Crippen LogP contribution in [0.2, 0.25) is 0 Å². The van der Waals surface area contributed by atoms with Gasteiger partial charge in [-0.2, -0.15) is 0 Å². The van der Waals surface area contributed by atoms with Crippen molar-refractivity contribution in [3.05, 3.63) is 27.6 Å². The number of H-pyrrole nitrogens is 1. The van der Waals surface area contributed by atoms with Crippen molar-refractivity contribution < 1.29 is 9.90 Å². The van der Waals surface area contributed by atoms with Crippen LogP contribution in [0.25, 0.3) is 10.2 Å². The molecule has 0 spiro atoms. The van der Waals surface area contributed by atoms with E-state index < -0.39 is 6.10 Å². The van der Waals surface area contributed by atoms with Gasteiger partial charge in [-0.1, -0.05) is 0 Å². The first-order valence-electron chi connectivity index (χ1n) is 6.67. The number of aromatic nitrogens is 2. The molecule has 2 unspecified atom stereocenters. The van der Waals surface area contributed by atoms with E-state index >= 15 is 0 Å². The Balaban J connectivity index is 1.75. The second kappa shape index (κ2) is 5.55. The Hall–Kier alpha value is -1.77. The predicted molar refractivity (Wildman–Crippen MR) is 79.1 cm³/mol. The molecular weight excluding hydrogens is 292 g/mol. The van der Waals surface area contributed by atoms with Crippen LogP contribution >= 0.6 is 11.3 Å². The third kappa shape index (κ3) is 2.82. The average Bonchev–Trinajstić information content (AvgIpc) is 3.06. The van der Waals surface area contributed by atoms with Gasteiger partial charge in [-0.05, 0) is 17.9 Å². The number of fused-ring (bicyclic) bond motifs is 1. The topological polar surface area (TPSA) is 98.3 Å². The van der Waals surface area contributed by atoms with Gasteiger partial charge in [0.1, 0.15) is 10.5 Å². The van der Waals surface area contributed by atoms with Crippen LogP contribution in [0.3, 0.4) is 0 Å². The van der Waals surface area contributed by atoms with E-state index in [1.54, 1.807) is 13.1 Å². The summed E-state index contributed by atoms with van der Waals surface area (Å²) in [5.74, 6) is 0.347. The first-order chi connectivity index (χ1) is 10.0. The van der Waals surface area contributed by atoms with Crippen LogP contribution in [-0.4, -0.2) is 51.6 Å². The molecule has 3 rings (SSSR count). The highest BCUT2D eigenvalue weighted by atomic mass is 32.1. The Labute approximate surface area is 124 Å². The van der Waals surface area contributed by atoms with Gasteiger partial charge in [0.2, 0.25) is 5.91 Å². The molecule has 21 heavy (non-hydrogen) atoms. The summed E-state index contributed by atoms with van der Waals surface area (Å²) < 4.78 is 0.591. The Kier molecular flexibility index (Phi) is 3.75. The van der Waals surface area contributed by atoms with Crippen LogP contribution in [0.4, 0.5) is 0 Å². The maximum Gasteiger partial charge on any atom is 0.268 e. The molecule has 2 aromatic rings. The van der Waals surface area contributed by atoms with Crippen LogP contribution < -0.4 is 10.9 Å². The lowest BCUT2D eigenvalue weighted by Crippen LogP contribution is -2.41. The van der Waals surface area contributed by atoms with Gasteiger partial charge in [-0.25, -0.2) is 4.98 Å². The number of likely N-dealkylation sites (N-methyl/N-ethyl adjacent to an activating group) is 1. The molecule has 1 fully saturated rings. The van der Waals surface area contributed by atoms with E-state index in [1.165, 1.54) is 16.2 Å². The summed E-state index contributed by atoms with van der Waals surface area (Å²) in [5, 5.41) is 14.3. The summed E-state index contributed by atoms with van der Waals surface area (Å²) >= 11 is 1.34. The molecular formula is C13H16N4O3S. The number of aromatic amines is 1. The van der Waals surface area contributed by atoms with Crippen LogP contribution in [0.15, 0.2) is 16.2 Å². The van der Waals surface area contributed by atoms with Crippen LogP contribution in [0, 0.1) is 0 Å². The van der Waals surface area contributed by atoms with Gasteiger partial charge in [0.05, 0.1) is 24.2 Å². The number of hydrogen-bond acceptors (Lipinski definition) is 6. The monoisotopic (exact) mass is 308 g/mol. The minimum Gasteiger partial charge on any atom is -0.392 e. The van der Waals surface area contributed by atoms with Gasteiger partial charge in [-0.3, -0.25) is 9.59 Å². The number of amides is 1. The fourth-order valence-electron chi connectivity index (χ4n) is 2.47. The molecule has 3 heterocycles. The molecule has 1 saturated heterocycles. The molecule has 0 aliphatic carbocycles. The highest BCUT2D eigenvalue weighted by Gasteiger charge is 2.30. The summed E-state index contributed by atoms with van der Waals surface area (Å²) in [7, 11) is 1.66. The van der Waals surface area contributed by atoms with E-state index in [0.717, 1.165) is 0 Å². The van der Waals surface area contributed by atoms with E-state index in [-0.39, 0.29) is 24.1 Å². The average molecular weight is 308 g/mol. The third-order valence-corrected chi connectivity index (χ3v) is 4.44. The van der Waals surface area contributed by atoms with Gasteiger partial charge >= 0.3 is 0 Å². The second-order valence-corrected chi connectivity index (χ2v) is 6.11. The molecule has 3 N–H and O–H groups in total. The third-order valence-electron chi connectivity index (χ3n) is 3.53. The van der Waals surface area contributed by atoms with Crippen molar-refractivity contribution in [1.29, 1.82) is 0 Å². The lowest BCUT2D eigenvalue weighted by Gasteiger charge is -2.20. The summed E-state index contributed by atoms with van der Waals surface area (Å²) in [4.78, 5) is 32.7. The molecule has 0 radical (unpaired) electrons. The Morgan fingerprint density at radius 2 is 2.43 bits per heavy atom. The molecule has 0 bridgehead atoms. The first-order valence-corrected chi connectivity index (χ1v) is 7.55. The smallest absolute Gasteiger partial charge is 0.268 e. The number of nitrogens with zero attached hydrogens (tertiary/aromatic N) is 2. The summed E-state index contributed by atoms with van der Waals surface area (Å²) in [6, 6.07) is 1.41. The SMILES string of the molecule is CN(Cc1nc2ccsc2c(=O)[nH]1)C(=O)C1CC(O)CN1. The number of thiophene rings is 1. The molecule has 1 aliphatic rings. The summed E-state index contributed by atoms with van der Waals surface area (Å²) in [6.45, 7) is 0.661. The second-order valence-electron chi connectivity index (χ2n) is 5.19. The molecule has 1 aliphatic heterocycles. The Bertz CT molecular complexity index is 726. The van der Waals surface area contributed by atoms with Gasteiger partial charge in [0.15, 0.2) is 0 Å². The number of β-amino-alcohol motifs (C(OH)–C–C–N with tert-alkyl or cyclic N) is 1. The van der Waals surface area contributed by atoms with E-state index in [4.69, 9.17) is 0 Å². The fraction of sp³-hybridized carbons (Fsp3) is 0.462.